The van der Waals surface area contributed by atoms with Crippen molar-refractivity contribution in [3.8, 4) is 5.75 Å². The first-order valence-corrected chi connectivity index (χ1v) is 6.17. The highest BCUT2D eigenvalue weighted by Crippen LogP contribution is 2.31. The monoisotopic (exact) mass is 264 g/mol. The second-order valence-corrected chi connectivity index (χ2v) is 4.65. The highest BCUT2D eigenvalue weighted by molar-refractivity contribution is 6.00. The number of carboxylic acid groups (broad SMARTS) is 1. The van der Waals surface area contributed by atoms with Crippen LogP contribution >= 0.6 is 0 Å². The summed E-state index contributed by atoms with van der Waals surface area (Å²) < 4.78 is 0. The molecule has 0 spiro atoms. The van der Waals surface area contributed by atoms with Crippen LogP contribution in [0.5, 0.6) is 5.75 Å². The minimum atomic E-state index is -1.20. The summed E-state index contributed by atoms with van der Waals surface area (Å²) in [6.07, 6.45) is 3.41. The van der Waals surface area contributed by atoms with Gasteiger partial charge in [-0.3, -0.25) is 0 Å². The van der Waals surface area contributed by atoms with Crippen molar-refractivity contribution in [2.45, 2.75) is 19.3 Å². The van der Waals surface area contributed by atoms with Gasteiger partial charge in [-0.05, 0) is 30.5 Å². The molecule has 1 aliphatic carbocycles. The van der Waals surface area contributed by atoms with Crippen molar-refractivity contribution in [3.05, 3.63) is 23.8 Å². The molecule has 0 aliphatic heterocycles. The number of phenols is 1. The lowest BCUT2D eigenvalue weighted by molar-refractivity contribution is 0.0697. The standard InChI is InChI=1S/C13H16N2O4/c16-9-3-4-11(10(7-9)12(17)18)15-13(19)14-6-5-8-1-2-8/h3-4,7-8,16H,1-2,5-6H2,(H,17,18)(H2,14,15,19). The van der Waals surface area contributed by atoms with Gasteiger partial charge in [0, 0.05) is 6.54 Å². The number of aromatic hydroxyl groups is 1. The molecule has 2 rings (SSSR count). The molecule has 1 saturated carbocycles. The van der Waals surface area contributed by atoms with Crippen LogP contribution < -0.4 is 10.6 Å². The number of phenolic OH excluding ortho intramolecular Hbond substituents is 1. The molecule has 1 aromatic carbocycles. The molecule has 0 aromatic heterocycles. The van der Waals surface area contributed by atoms with Gasteiger partial charge in [-0.15, -0.1) is 0 Å². The summed E-state index contributed by atoms with van der Waals surface area (Å²) >= 11 is 0. The predicted molar refractivity (Wildman–Crippen MR) is 69.4 cm³/mol. The fraction of sp³-hybridized carbons (Fsp3) is 0.385. The molecule has 6 heteroatoms. The maximum absolute atomic E-state index is 11.6. The topological polar surface area (TPSA) is 98.7 Å². The van der Waals surface area contributed by atoms with E-state index in [1.165, 1.54) is 25.0 Å². The van der Waals surface area contributed by atoms with Crippen molar-refractivity contribution in [2.24, 2.45) is 5.92 Å². The highest BCUT2D eigenvalue weighted by Gasteiger charge is 2.20. The molecule has 2 amide bonds. The molecule has 6 nitrogen and oxygen atoms in total. The zero-order valence-corrected chi connectivity index (χ0v) is 10.3. The van der Waals surface area contributed by atoms with Crippen molar-refractivity contribution in [1.29, 1.82) is 0 Å². The van der Waals surface area contributed by atoms with Crippen molar-refractivity contribution in [1.82, 2.24) is 5.32 Å². The molecule has 19 heavy (non-hydrogen) atoms. The third-order valence-corrected chi connectivity index (χ3v) is 3.02. The molecule has 0 heterocycles. The van der Waals surface area contributed by atoms with Crippen LogP contribution in [0.2, 0.25) is 0 Å². The molecule has 0 saturated heterocycles. The van der Waals surface area contributed by atoms with Crippen LogP contribution in [0.4, 0.5) is 10.5 Å². The molecule has 0 radical (unpaired) electrons. The van der Waals surface area contributed by atoms with Gasteiger partial charge in [-0.2, -0.15) is 0 Å². The Hall–Kier alpha value is -2.24. The number of aromatic carboxylic acids is 1. The Balaban J connectivity index is 1.93. The van der Waals surface area contributed by atoms with E-state index in [1.54, 1.807) is 0 Å². The smallest absolute Gasteiger partial charge is 0.337 e. The van der Waals surface area contributed by atoms with Crippen LogP contribution in [0.1, 0.15) is 29.6 Å². The van der Waals surface area contributed by atoms with Crippen LogP contribution in [0, 0.1) is 5.92 Å². The Morgan fingerprint density at radius 2 is 2.05 bits per heavy atom. The Bertz CT molecular complexity index is 497. The molecule has 102 valence electrons. The largest absolute Gasteiger partial charge is 0.508 e. The van der Waals surface area contributed by atoms with Crippen molar-refractivity contribution >= 4 is 17.7 Å². The number of carbonyl (C=O) groups excluding carboxylic acids is 1. The lowest BCUT2D eigenvalue weighted by Gasteiger charge is -2.10. The number of carboxylic acids is 1. The Morgan fingerprint density at radius 1 is 1.32 bits per heavy atom. The van der Waals surface area contributed by atoms with E-state index in [-0.39, 0.29) is 17.0 Å². The Kier molecular flexibility index (Phi) is 3.89. The van der Waals surface area contributed by atoms with Crippen LogP contribution in [0.3, 0.4) is 0 Å². The van der Waals surface area contributed by atoms with Crippen LogP contribution in [-0.2, 0) is 0 Å². The number of nitrogens with one attached hydrogen (secondary N) is 2. The number of amides is 2. The highest BCUT2D eigenvalue weighted by atomic mass is 16.4. The molecule has 0 unspecified atom stereocenters. The first-order valence-electron chi connectivity index (χ1n) is 6.17. The van der Waals surface area contributed by atoms with Crippen molar-refractivity contribution in [3.63, 3.8) is 0 Å². The number of anilines is 1. The van der Waals surface area contributed by atoms with E-state index in [1.807, 2.05) is 0 Å². The molecule has 4 N–H and O–H groups in total. The fourth-order valence-corrected chi connectivity index (χ4v) is 1.78. The van der Waals surface area contributed by atoms with Crippen LogP contribution in [-0.4, -0.2) is 28.8 Å². The maximum Gasteiger partial charge on any atom is 0.337 e. The van der Waals surface area contributed by atoms with Gasteiger partial charge in [-0.25, -0.2) is 9.59 Å². The third-order valence-electron chi connectivity index (χ3n) is 3.02. The first-order chi connectivity index (χ1) is 9.06. The van der Waals surface area contributed by atoms with Crippen molar-refractivity contribution < 1.29 is 19.8 Å². The lowest BCUT2D eigenvalue weighted by Crippen LogP contribution is -2.30. The minimum Gasteiger partial charge on any atom is -0.508 e. The van der Waals surface area contributed by atoms with Gasteiger partial charge in [-0.1, -0.05) is 12.8 Å². The number of urea groups is 1. The van der Waals surface area contributed by atoms with Gasteiger partial charge in [0.15, 0.2) is 0 Å². The summed E-state index contributed by atoms with van der Waals surface area (Å²) in [5.74, 6) is -0.634. The van der Waals surface area contributed by atoms with Gasteiger partial charge in [0.05, 0.1) is 11.3 Å². The van der Waals surface area contributed by atoms with Crippen LogP contribution in [0.25, 0.3) is 0 Å². The predicted octanol–water partition coefficient (Wildman–Crippen LogP) is 2.01. The summed E-state index contributed by atoms with van der Waals surface area (Å²) in [5, 5.41) is 23.4. The molecule has 1 aromatic rings. The maximum atomic E-state index is 11.6. The number of rotatable bonds is 5. The molecule has 1 fully saturated rings. The zero-order valence-electron chi connectivity index (χ0n) is 10.3. The SMILES string of the molecule is O=C(NCCC1CC1)Nc1ccc(O)cc1C(=O)O. The average Bonchev–Trinajstić information content (AvgIpc) is 3.15. The third kappa shape index (κ3) is 3.87. The van der Waals surface area contributed by atoms with E-state index < -0.39 is 12.0 Å². The number of benzene rings is 1. The summed E-state index contributed by atoms with van der Waals surface area (Å²) in [4.78, 5) is 22.6. The van der Waals surface area contributed by atoms with Gasteiger partial charge in [0.2, 0.25) is 0 Å². The first kappa shape index (κ1) is 13.2. The van der Waals surface area contributed by atoms with E-state index in [2.05, 4.69) is 10.6 Å². The number of hydrogen-bond donors (Lipinski definition) is 4. The number of carbonyl (C=O) groups is 2. The second kappa shape index (κ2) is 5.60. The zero-order chi connectivity index (χ0) is 13.8. The normalized spacial score (nSPS) is 13.9. The summed E-state index contributed by atoms with van der Waals surface area (Å²) in [5.41, 5.74) is 0.0200. The number of hydrogen-bond acceptors (Lipinski definition) is 3. The summed E-state index contributed by atoms with van der Waals surface area (Å²) in [6, 6.07) is 3.35. The lowest BCUT2D eigenvalue weighted by atomic mass is 10.1. The molecular formula is C13H16N2O4. The fourth-order valence-electron chi connectivity index (χ4n) is 1.78. The van der Waals surface area contributed by atoms with E-state index >= 15 is 0 Å². The van der Waals surface area contributed by atoms with Gasteiger partial charge in [0.1, 0.15) is 5.75 Å². The Labute approximate surface area is 110 Å². The summed E-state index contributed by atoms with van der Waals surface area (Å²) in [7, 11) is 0. The molecular weight excluding hydrogens is 248 g/mol. The van der Waals surface area contributed by atoms with Gasteiger partial charge >= 0.3 is 12.0 Å². The van der Waals surface area contributed by atoms with Crippen molar-refractivity contribution in [2.75, 3.05) is 11.9 Å². The van der Waals surface area contributed by atoms with Gasteiger partial charge in [0.25, 0.3) is 0 Å². The molecule has 0 atom stereocenters. The minimum absolute atomic E-state index is 0.141. The van der Waals surface area contributed by atoms with E-state index in [0.29, 0.717) is 6.54 Å². The average molecular weight is 264 g/mol. The van der Waals surface area contributed by atoms with E-state index in [0.717, 1.165) is 18.4 Å². The second-order valence-electron chi connectivity index (χ2n) is 4.65. The molecule has 1 aliphatic rings. The summed E-state index contributed by atoms with van der Waals surface area (Å²) in [6.45, 7) is 0.580. The van der Waals surface area contributed by atoms with E-state index in [4.69, 9.17) is 5.11 Å². The van der Waals surface area contributed by atoms with E-state index in [9.17, 15) is 14.7 Å². The van der Waals surface area contributed by atoms with Crippen LogP contribution in [0.15, 0.2) is 18.2 Å². The molecule has 0 bridgehead atoms. The Morgan fingerprint density at radius 3 is 2.68 bits per heavy atom. The quantitative estimate of drug-likeness (QED) is 0.611. The van der Waals surface area contributed by atoms with Gasteiger partial charge < -0.3 is 20.8 Å².